The van der Waals surface area contributed by atoms with Crippen molar-refractivity contribution in [2.75, 3.05) is 11.9 Å². The second kappa shape index (κ2) is 7.20. The summed E-state index contributed by atoms with van der Waals surface area (Å²) in [6, 6.07) is 3.83. The van der Waals surface area contributed by atoms with E-state index in [2.05, 4.69) is 22.2 Å². The van der Waals surface area contributed by atoms with E-state index < -0.39 is 5.97 Å². The predicted molar refractivity (Wildman–Crippen MR) is 88.6 cm³/mol. The lowest BCUT2D eigenvalue weighted by atomic mass is 10.1. The van der Waals surface area contributed by atoms with Crippen molar-refractivity contribution in [2.24, 2.45) is 0 Å². The third-order valence-corrected chi connectivity index (χ3v) is 3.81. The second-order valence-corrected chi connectivity index (χ2v) is 5.64. The fourth-order valence-electron chi connectivity index (χ4n) is 2.34. The maximum atomic E-state index is 11.4. The van der Waals surface area contributed by atoms with Crippen LogP contribution in [0, 0.1) is 13.8 Å². The summed E-state index contributed by atoms with van der Waals surface area (Å²) in [5.41, 5.74) is 3.55. The molecule has 0 unspecified atom stereocenters. The molecular weight excluding hydrogens is 278 g/mol. The van der Waals surface area contributed by atoms with Gasteiger partial charge in [0, 0.05) is 6.54 Å². The topological polar surface area (TPSA) is 75.1 Å². The third-order valence-electron chi connectivity index (χ3n) is 3.81. The van der Waals surface area contributed by atoms with E-state index in [1.54, 1.807) is 0 Å². The van der Waals surface area contributed by atoms with E-state index in [1.807, 2.05) is 26.0 Å². The quantitative estimate of drug-likeness (QED) is 0.758. The minimum absolute atomic E-state index is 0.00811. The van der Waals surface area contributed by atoms with Gasteiger partial charge in [0.1, 0.15) is 0 Å². The maximum Gasteiger partial charge on any atom is 0.358 e. The maximum absolute atomic E-state index is 11.4. The molecule has 5 nitrogen and oxygen atoms in total. The summed E-state index contributed by atoms with van der Waals surface area (Å²) in [4.78, 5) is 20.1. The monoisotopic (exact) mass is 301 g/mol. The zero-order valence-corrected chi connectivity index (χ0v) is 13.4. The summed E-state index contributed by atoms with van der Waals surface area (Å²) in [5, 5.41) is 12.5. The molecule has 0 aliphatic rings. The van der Waals surface area contributed by atoms with E-state index >= 15 is 0 Å². The Kier molecular flexibility index (Phi) is 5.31. The van der Waals surface area contributed by atoms with Gasteiger partial charge in [0.15, 0.2) is 11.5 Å². The zero-order chi connectivity index (χ0) is 16.1. The Hall–Kier alpha value is -2.17. The van der Waals surface area contributed by atoms with Crippen molar-refractivity contribution >= 4 is 22.8 Å². The van der Waals surface area contributed by atoms with Gasteiger partial charge >= 0.3 is 5.97 Å². The van der Waals surface area contributed by atoms with Crippen LogP contribution in [0.4, 0.5) is 5.82 Å². The molecule has 0 bridgehead atoms. The van der Waals surface area contributed by atoms with Crippen LogP contribution in [0.1, 0.15) is 54.2 Å². The Morgan fingerprint density at radius 2 is 1.73 bits per heavy atom. The summed E-state index contributed by atoms with van der Waals surface area (Å²) in [7, 11) is 0. The second-order valence-electron chi connectivity index (χ2n) is 5.64. The first-order chi connectivity index (χ1) is 10.5. The highest BCUT2D eigenvalue weighted by Gasteiger charge is 2.15. The molecule has 1 heterocycles. The van der Waals surface area contributed by atoms with E-state index in [9.17, 15) is 9.90 Å². The molecule has 0 radical (unpaired) electrons. The number of anilines is 1. The Balaban J connectivity index is 2.28. The Labute approximate surface area is 130 Å². The zero-order valence-electron chi connectivity index (χ0n) is 13.4. The summed E-state index contributed by atoms with van der Waals surface area (Å²) >= 11 is 0. The summed E-state index contributed by atoms with van der Waals surface area (Å²) in [6.45, 7) is 6.87. The lowest BCUT2D eigenvalue weighted by Gasteiger charge is -2.10. The van der Waals surface area contributed by atoms with Crippen molar-refractivity contribution in [1.29, 1.82) is 0 Å². The number of aromatic carboxylic acids is 1. The summed E-state index contributed by atoms with van der Waals surface area (Å²) in [5.74, 6) is -0.691. The number of unbranched alkanes of at least 4 members (excludes halogenated alkanes) is 3. The molecule has 118 valence electrons. The van der Waals surface area contributed by atoms with Crippen LogP contribution in [0.15, 0.2) is 12.1 Å². The number of carboxylic acid groups (broad SMARTS) is 1. The van der Waals surface area contributed by atoms with Crippen molar-refractivity contribution in [2.45, 2.75) is 46.5 Å². The van der Waals surface area contributed by atoms with Crippen molar-refractivity contribution < 1.29 is 9.90 Å². The molecule has 2 N–H and O–H groups in total. The molecule has 0 spiro atoms. The van der Waals surface area contributed by atoms with Crippen LogP contribution in [-0.2, 0) is 0 Å². The number of benzene rings is 1. The number of fused-ring (bicyclic) bond motifs is 1. The van der Waals surface area contributed by atoms with Gasteiger partial charge in [-0.1, -0.05) is 26.2 Å². The highest BCUT2D eigenvalue weighted by molar-refractivity contribution is 5.94. The molecular formula is C17H23N3O2. The van der Waals surface area contributed by atoms with Gasteiger partial charge in [-0.25, -0.2) is 14.8 Å². The molecule has 0 aliphatic carbocycles. The lowest BCUT2D eigenvalue weighted by molar-refractivity contribution is 0.0691. The van der Waals surface area contributed by atoms with Crippen LogP contribution < -0.4 is 5.32 Å². The molecule has 2 rings (SSSR count). The minimum atomic E-state index is -1.05. The first-order valence-corrected chi connectivity index (χ1v) is 7.79. The molecule has 2 aromatic rings. The average molecular weight is 301 g/mol. The number of carbonyl (C=O) groups is 1. The van der Waals surface area contributed by atoms with Crippen molar-refractivity contribution in [3.8, 4) is 0 Å². The molecule has 22 heavy (non-hydrogen) atoms. The number of aromatic nitrogens is 2. The van der Waals surface area contributed by atoms with Gasteiger partial charge in [-0.3, -0.25) is 0 Å². The van der Waals surface area contributed by atoms with E-state index in [0.29, 0.717) is 17.9 Å². The highest BCUT2D eigenvalue weighted by atomic mass is 16.4. The van der Waals surface area contributed by atoms with Crippen LogP contribution in [0.5, 0.6) is 0 Å². The largest absolute Gasteiger partial charge is 0.476 e. The van der Waals surface area contributed by atoms with Gasteiger partial charge in [-0.05, 0) is 43.5 Å². The van der Waals surface area contributed by atoms with Crippen LogP contribution in [0.25, 0.3) is 11.0 Å². The molecule has 0 fully saturated rings. The summed E-state index contributed by atoms with van der Waals surface area (Å²) < 4.78 is 0. The van der Waals surface area contributed by atoms with E-state index in [4.69, 9.17) is 0 Å². The number of hydrogen-bond acceptors (Lipinski definition) is 4. The number of hydrogen-bond donors (Lipinski definition) is 2. The fourth-order valence-corrected chi connectivity index (χ4v) is 2.34. The molecule has 0 atom stereocenters. The molecule has 5 heteroatoms. The van der Waals surface area contributed by atoms with Gasteiger partial charge in [-0.2, -0.15) is 0 Å². The number of nitrogens with one attached hydrogen (secondary N) is 1. The SMILES string of the molecule is CCCCCCNc1nc2cc(C)c(C)cc2nc1C(=O)O. The van der Waals surface area contributed by atoms with Crippen molar-refractivity contribution in [3.63, 3.8) is 0 Å². The van der Waals surface area contributed by atoms with Gasteiger partial charge in [0.05, 0.1) is 11.0 Å². The van der Waals surface area contributed by atoms with Crippen molar-refractivity contribution in [3.05, 3.63) is 29.0 Å². The first kappa shape index (κ1) is 16.2. The number of nitrogens with zero attached hydrogens (tertiary/aromatic N) is 2. The predicted octanol–water partition coefficient (Wildman–Crippen LogP) is 3.94. The Morgan fingerprint density at radius 1 is 1.09 bits per heavy atom. The van der Waals surface area contributed by atoms with Gasteiger partial charge < -0.3 is 10.4 Å². The smallest absolute Gasteiger partial charge is 0.358 e. The molecule has 1 aromatic carbocycles. The normalized spacial score (nSPS) is 10.9. The van der Waals surface area contributed by atoms with Gasteiger partial charge in [-0.15, -0.1) is 0 Å². The molecule has 0 amide bonds. The van der Waals surface area contributed by atoms with Crippen LogP contribution in [0.2, 0.25) is 0 Å². The molecule has 1 aromatic heterocycles. The fraction of sp³-hybridized carbons (Fsp3) is 0.471. The van der Waals surface area contributed by atoms with Crippen LogP contribution in [0.3, 0.4) is 0 Å². The van der Waals surface area contributed by atoms with Gasteiger partial charge in [0.2, 0.25) is 0 Å². The number of aryl methyl sites for hydroxylation is 2. The summed E-state index contributed by atoms with van der Waals surface area (Å²) in [6.07, 6.45) is 4.49. The van der Waals surface area contributed by atoms with E-state index in [1.165, 1.54) is 12.8 Å². The van der Waals surface area contributed by atoms with Crippen molar-refractivity contribution in [1.82, 2.24) is 9.97 Å². The van der Waals surface area contributed by atoms with Crippen LogP contribution >= 0.6 is 0 Å². The Morgan fingerprint density at radius 3 is 2.32 bits per heavy atom. The third kappa shape index (κ3) is 3.72. The van der Waals surface area contributed by atoms with Crippen LogP contribution in [-0.4, -0.2) is 27.6 Å². The minimum Gasteiger partial charge on any atom is -0.476 e. The molecule has 0 saturated carbocycles. The first-order valence-electron chi connectivity index (χ1n) is 7.79. The lowest BCUT2D eigenvalue weighted by Crippen LogP contribution is -2.12. The number of rotatable bonds is 7. The molecule has 0 saturated heterocycles. The number of carboxylic acids is 1. The highest BCUT2D eigenvalue weighted by Crippen LogP contribution is 2.20. The standard InChI is InChI=1S/C17H23N3O2/c1-4-5-6-7-8-18-16-15(17(21)22)19-13-9-11(2)12(3)10-14(13)20-16/h9-10H,4-8H2,1-3H3,(H,18,20)(H,21,22). The molecule has 0 aliphatic heterocycles. The van der Waals surface area contributed by atoms with E-state index in [0.717, 1.165) is 29.5 Å². The van der Waals surface area contributed by atoms with Gasteiger partial charge in [0.25, 0.3) is 0 Å². The average Bonchev–Trinajstić information content (AvgIpc) is 2.47. The van der Waals surface area contributed by atoms with E-state index in [-0.39, 0.29) is 5.69 Å². The Bertz CT molecular complexity index is 683.